The van der Waals surface area contributed by atoms with Crippen molar-refractivity contribution >= 4 is 17.5 Å². The summed E-state index contributed by atoms with van der Waals surface area (Å²) >= 11 is 6.04. The molecule has 116 valence electrons. The van der Waals surface area contributed by atoms with Crippen molar-refractivity contribution < 1.29 is 4.79 Å². The van der Waals surface area contributed by atoms with E-state index in [2.05, 4.69) is 17.2 Å². The van der Waals surface area contributed by atoms with Gasteiger partial charge in [-0.05, 0) is 36.8 Å². The van der Waals surface area contributed by atoms with E-state index in [0.717, 1.165) is 24.5 Å². The van der Waals surface area contributed by atoms with Crippen LogP contribution in [0.4, 0.5) is 0 Å². The molecule has 0 spiro atoms. The van der Waals surface area contributed by atoms with Crippen molar-refractivity contribution in [2.24, 2.45) is 5.92 Å². The van der Waals surface area contributed by atoms with Gasteiger partial charge in [0, 0.05) is 17.3 Å². The molecule has 0 bridgehead atoms. The van der Waals surface area contributed by atoms with Gasteiger partial charge in [0.1, 0.15) is 5.15 Å². The third-order valence-electron chi connectivity index (χ3n) is 4.36. The molecule has 21 heavy (non-hydrogen) atoms. The van der Waals surface area contributed by atoms with Crippen LogP contribution in [0.5, 0.6) is 0 Å². The van der Waals surface area contributed by atoms with Gasteiger partial charge in [0.2, 0.25) is 0 Å². The quantitative estimate of drug-likeness (QED) is 0.829. The van der Waals surface area contributed by atoms with Gasteiger partial charge in [-0.1, -0.05) is 51.6 Å². The van der Waals surface area contributed by atoms with Crippen LogP contribution in [0.25, 0.3) is 0 Å². The Balaban J connectivity index is 2.06. The molecule has 0 saturated heterocycles. The van der Waals surface area contributed by atoms with Crippen LogP contribution in [0.2, 0.25) is 5.15 Å². The fourth-order valence-corrected chi connectivity index (χ4v) is 3.22. The second-order valence-electron chi connectivity index (χ2n) is 6.37. The first-order valence-corrected chi connectivity index (χ1v) is 8.35. The number of nitrogens with one attached hydrogen (secondary N) is 1. The molecule has 1 saturated carbocycles. The van der Waals surface area contributed by atoms with E-state index in [-0.39, 0.29) is 11.8 Å². The highest BCUT2D eigenvalue weighted by molar-refractivity contribution is 6.29. The fourth-order valence-electron chi connectivity index (χ4n) is 3.01. The van der Waals surface area contributed by atoms with Gasteiger partial charge in [0.15, 0.2) is 0 Å². The topological polar surface area (TPSA) is 42.0 Å². The Morgan fingerprint density at radius 3 is 2.86 bits per heavy atom. The largest absolute Gasteiger partial charge is 0.349 e. The first-order valence-electron chi connectivity index (χ1n) is 7.98. The second kappa shape index (κ2) is 7.26. The van der Waals surface area contributed by atoms with Crippen molar-refractivity contribution in [1.82, 2.24) is 10.3 Å². The second-order valence-corrected chi connectivity index (χ2v) is 6.76. The maximum Gasteiger partial charge on any atom is 0.251 e. The van der Waals surface area contributed by atoms with Gasteiger partial charge >= 0.3 is 0 Å². The zero-order valence-corrected chi connectivity index (χ0v) is 13.9. The summed E-state index contributed by atoms with van der Waals surface area (Å²) in [6.07, 6.45) is 5.88. The Kier molecular flexibility index (Phi) is 5.63. The molecule has 1 heterocycles. The highest BCUT2D eigenvalue weighted by atomic mass is 35.5. The lowest BCUT2D eigenvalue weighted by Crippen LogP contribution is -2.38. The lowest BCUT2D eigenvalue weighted by molar-refractivity contribution is 0.0919. The summed E-state index contributed by atoms with van der Waals surface area (Å²) in [5.41, 5.74) is 1.49. The van der Waals surface area contributed by atoms with E-state index in [9.17, 15) is 4.79 Å². The van der Waals surface area contributed by atoms with Gasteiger partial charge in [-0.2, -0.15) is 0 Å². The number of hydrogen-bond acceptors (Lipinski definition) is 2. The molecule has 0 aliphatic heterocycles. The number of carbonyl (C=O) groups excluding carboxylic acids is 1. The molecule has 1 amide bonds. The Hall–Kier alpha value is -1.09. The molecule has 1 aromatic heterocycles. The number of aromatic nitrogens is 1. The molecule has 2 rings (SSSR count). The summed E-state index contributed by atoms with van der Waals surface area (Å²) in [4.78, 5) is 16.7. The van der Waals surface area contributed by atoms with Crippen LogP contribution < -0.4 is 5.32 Å². The maximum absolute atomic E-state index is 12.4. The lowest BCUT2D eigenvalue weighted by Gasteiger charge is -2.29. The van der Waals surface area contributed by atoms with Crippen molar-refractivity contribution in [1.29, 1.82) is 0 Å². The van der Waals surface area contributed by atoms with E-state index in [1.165, 1.54) is 19.3 Å². The van der Waals surface area contributed by atoms with Gasteiger partial charge < -0.3 is 5.32 Å². The number of carbonyl (C=O) groups is 1. The van der Waals surface area contributed by atoms with Crippen molar-refractivity contribution in [3.05, 3.63) is 28.5 Å². The molecule has 1 aliphatic rings. The van der Waals surface area contributed by atoms with E-state index in [4.69, 9.17) is 11.6 Å². The molecule has 1 N–H and O–H groups in total. The Bertz CT molecular complexity index is 502. The van der Waals surface area contributed by atoms with Crippen LogP contribution in [0.15, 0.2) is 12.1 Å². The van der Waals surface area contributed by atoms with Crippen molar-refractivity contribution in [3.8, 4) is 0 Å². The standard InChI is InChI=1S/C17H25ClN2O/c1-4-12-6-5-7-14(8-12)19-17(21)13-9-15(11(2)3)20-16(18)10-13/h9-12,14H,4-8H2,1-3H3,(H,19,21). The molecular weight excluding hydrogens is 284 g/mol. The van der Waals surface area contributed by atoms with Gasteiger partial charge in [0.25, 0.3) is 5.91 Å². The number of hydrogen-bond donors (Lipinski definition) is 1. The normalized spacial score (nSPS) is 22.3. The monoisotopic (exact) mass is 308 g/mol. The van der Waals surface area contributed by atoms with E-state index in [1.807, 2.05) is 19.9 Å². The minimum atomic E-state index is -0.0250. The molecule has 2 atom stereocenters. The average Bonchev–Trinajstić information content (AvgIpc) is 2.46. The molecular formula is C17H25ClN2O. The first kappa shape index (κ1) is 16.3. The Morgan fingerprint density at radius 2 is 2.19 bits per heavy atom. The van der Waals surface area contributed by atoms with Gasteiger partial charge in [-0.25, -0.2) is 4.98 Å². The molecule has 1 fully saturated rings. The van der Waals surface area contributed by atoms with Crippen molar-refractivity contribution in [3.63, 3.8) is 0 Å². The summed E-state index contributed by atoms with van der Waals surface area (Å²) in [5, 5.41) is 3.56. The Morgan fingerprint density at radius 1 is 1.43 bits per heavy atom. The zero-order chi connectivity index (χ0) is 15.4. The van der Waals surface area contributed by atoms with E-state index in [0.29, 0.717) is 16.8 Å². The molecule has 4 heteroatoms. The van der Waals surface area contributed by atoms with Gasteiger partial charge in [-0.15, -0.1) is 0 Å². The van der Waals surface area contributed by atoms with Gasteiger partial charge in [0.05, 0.1) is 0 Å². The van der Waals surface area contributed by atoms with Crippen LogP contribution >= 0.6 is 11.6 Å². The minimum Gasteiger partial charge on any atom is -0.349 e. The Labute approximate surface area is 132 Å². The van der Waals surface area contributed by atoms with E-state index >= 15 is 0 Å². The summed E-state index contributed by atoms with van der Waals surface area (Å²) < 4.78 is 0. The maximum atomic E-state index is 12.4. The van der Waals surface area contributed by atoms with Crippen LogP contribution in [0.1, 0.15) is 74.8 Å². The SMILES string of the molecule is CCC1CCCC(NC(=O)c2cc(Cl)nc(C(C)C)c2)C1. The number of rotatable bonds is 4. The third-order valence-corrected chi connectivity index (χ3v) is 4.56. The van der Waals surface area contributed by atoms with Crippen LogP contribution in [-0.4, -0.2) is 16.9 Å². The fraction of sp³-hybridized carbons (Fsp3) is 0.647. The van der Waals surface area contributed by atoms with Crippen LogP contribution in [0, 0.1) is 5.92 Å². The molecule has 2 unspecified atom stereocenters. The predicted molar refractivity (Wildman–Crippen MR) is 86.8 cm³/mol. The average molecular weight is 309 g/mol. The number of amides is 1. The van der Waals surface area contributed by atoms with Crippen LogP contribution in [0.3, 0.4) is 0 Å². The number of halogens is 1. The highest BCUT2D eigenvalue weighted by Crippen LogP contribution is 2.27. The molecule has 3 nitrogen and oxygen atoms in total. The molecule has 1 aliphatic carbocycles. The lowest BCUT2D eigenvalue weighted by atomic mass is 9.84. The minimum absolute atomic E-state index is 0.0250. The van der Waals surface area contributed by atoms with E-state index in [1.54, 1.807) is 6.07 Å². The highest BCUT2D eigenvalue weighted by Gasteiger charge is 2.23. The summed E-state index contributed by atoms with van der Waals surface area (Å²) in [5.74, 6) is 0.980. The third kappa shape index (κ3) is 4.44. The summed E-state index contributed by atoms with van der Waals surface area (Å²) in [6.45, 7) is 6.33. The number of pyridine rings is 1. The zero-order valence-electron chi connectivity index (χ0n) is 13.2. The molecule has 0 radical (unpaired) electrons. The molecule has 1 aromatic rings. The first-order chi connectivity index (χ1) is 9.99. The number of nitrogens with zero attached hydrogens (tertiary/aromatic N) is 1. The predicted octanol–water partition coefficient (Wildman–Crippen LogP) is 4.56. The smallest absolute Gasteiger partial charge is 0.251 e. The van der Waals surface area contributed by atoms with E-state index < -0.39 is 0 Å². The van der Waals surface area contributed by atoms with Crippen molar-refractivity contribution in [2.75, 3.05) is 0 Å². The van der Waals surface area contributed by atoms with Gasteiger partial charge in [-0.3, -0.25) is 4.79 Å². The van der Waals surface area contributed by atoms with Crippen molar-refractivity contribution in [2.45, 2.75) is 64.8 Å². The van der Waals surface area contributed by atoms with Crippen LogP contribution in [-0.2, 0) is 0 Å². The summed E-state index contributed by atoms with van der Waals surface area (Å²) in [7, 11) is 0. The summed E-state index contributed by atoms with van der Waals surface area (Å²) in [6, 6.07) is 3.81. The molecule has 0 aromatic carbocycles.